The number of rotatable bonds is 12. The van der Waals surface area contributed by atoms with E-state index in [-0.39, 0.29) is 5.91 Å². The van der Waals surface area contributed by atoms with Crippen LogP contribution in [0.2, 0.25) is 0 Å². The van der Waals surface area contributed by atoms with Gasteiger partial charge in [-0.2, -0.15) is 0 Å². The molecular formula is C36H45N5O4S. The number of methoxy groups -OCH3 is 1. The summed E-state index contributed by atoms with van der Waals surface area (Å²) in [6.45, 7) is 8.20. The van der Waals surface area contributed by atoms with Crippen molar-refractivity contribution in [3.8, 4) is 5.75 Å². The Morgan fingerprint density at radius 2 is 1.85 bits per heavy atom. The van der Waals surface area contributed by atoms with E-state index in [2.05, 4.69) is 64.0 Å². The van der Waals surface area contributed by atoms with Crippen molar-refractivity contribution in [1.82, 2.24) is 20.5 Å². The fourth-order valence-electron chi connectivity index (χ4n) is 4.30. The van der Waals surface area contributed by atoms with E-state index in [1.54, 1.807) is 36.6 Å². The van der Waals surface area contributed by atoms with Gasteiger partial charge < -0.3 is 25.0 Å². The number of benzene rings is 3. The molecule has 244 valence electrons. The molecule has 4 aromatic rings. The summed E-state index contributed by atoms with van der Waals surface area (Å²) >= 11 is 1.73. The monoisotopic (exact) mass is 643 g/mol. The molecule has 1 aromatic heterocycles. The molecule has 1 aliphatic heterocycles. The van der Waals surface area contributed by atoms with E-state index in [4.69, 9.17) is 9.47 Å². The summed E-state index contributed by atoms with van der Waals surface area (Å²) in [5, 5.41) is 9.51. The van der Waals surface area contributed by atoms with E-state index < -0.39 is 0 Å². The maximum atomic E-state index is 12.5. The number of aldehydes is 1. The van der Waals surface area contributed by atoms with Gasteiger partial charge in [0.15, 0.2) is 0 Å². The van der Waals surface area contributed by atoms with Crippen LogP contribution in [0.5, 0.6) is 5.75 Å². The summed E-state index contributed by atoms with van der Waals surface area (Å²) in [7, 11) is 5.75. The molecule has 5 rings (SSSR count). The van der Waals surface area contributed by atoms with Crippen LogP contribution in [0.25, 0.3) is 0 Å². The van der Waals surface area contributed by atoms with Crippen LogP contribution in [0, 0.1) is 13.8 Å². The smallest absolute Gasteiger partial charge is 0.251 e. The molecule has 0 radical (unpaired) electrons. The highest BCUT2D eigenvalue weighted by Gasteiger charge is 2.15. The predicted octanol–water partition coefficient (Wildman–Crippen LogP) is 5.70. The molecular weight excluding hydrogens is 598 g/mol. The van der Waals surface area contributed by atoms with Crippen LogP contribution in [0.3, 0.4) is 0 Å². The number of amides is 1. The molecule has 3 aromatic carbocycles. The maximum absolute atomic E-state index is 12.5. The molecule has 0 unspecified atom stereocenters. The molecule has 0 bridgehead atoms. The predicted molar refractivity (Wildman–Crippen MR) is 186 cm³/mol. The molecule has 2 heterocycles. The van der Waals surface area contributed by atoms with Crippen molar-refractivity contribution in [1.29, 1.82) is 0 Å². The number of nitrogens with one attached hydrogen (secondary N) is 2. The minimum atomic E-state index is -0.221. The van der Waals surface area contributed by atoms with Crippen molar-refractivity contribution in [2.24, 2.45) is 4.99 Å². The lowest BCUT2D eigenvalue weighted by molar-refractivity contribution is 0.0953. The largest absolute Gasteiger partial charge is 0.497 e. The number of ether oxygens (including phenoxy) is 2. The van der Waals surface area contributed by atoms with Gasteiger partial charge in [-0.25, -0.2) is 9.98 Å². The minimum absolute atomic E-state index is 0.221. The lowest BCUT2D eigenvalue weighted by Crippen LogP contribution is -2.27. The van der Waals surface area contributed by atoms with Crippen LogP contribution in [0.4, 0.5) is 0 Å². The summed E-state index contributed by atoms with van der Waals surface area (Å²) in [5.74, 6) is 1.09. The highest BCUT2D eigenvalue weighted by molar-refractivity contribution is 7.09. The number of nitrogens with zero attached hydrogens (tertiary/aromatic N) is 3. The first-order chi connectivity index (χ1) is 22.3. The number of hydrogen-bond donors (Lipinski definition) is 2. The van der Waals surface area contributed by atoms with E-state index in [1.165, 1.54) is 10.6 Å². The summed E-state index contributed by atoms with van der Waals surface area (Å²) in [5.41, 5.74) is 5.09. The third-order valence-electron chi connectivity index (χ3n) is 6.52. The first-order valence-electron chi connectivity index (χ1n) is 15.2. The standard InChI is InChI=1S/C22H25N3O4.C7H12N2S.C7H8/c1-28-20-5-2-4-16(12-20)14-23-6-3-7-24-21(27)18-10-17(15-26)11-19(13-18)22-25-8-9-29-22;1-6-5-10-7(8-6)4-9(2)3;1-7-5-3-2-4-6-7/h2,4-5,10-13,15,23H,3,6-9,14H2,1H3,(H,24,27);5H,4H2,1-3H3;2-6H,1H3. The van der Waals surface area contributed by atoms with Crippen molar-refractivity contribution in [3.05, 3.63) is 117 Å². The molecule has 46 heavy (non-hydrogen) atoms. The number of hydrogen-bond acceptors (Lipinski definition) is 9. The van der Waals surface area contributed by atoms with Crippen LogP contribution in [0.15, 0.2) is 83.2 Å². The Balaban J connectivity index is 0.000000274. The van der Waals surface area contributed by atoms with E-state index >= 15 is 0 Å². The van der Waals surface area contributed by atoms with E-state index in [9.17, 15) is 9.59 Å². The highest BCUT2D eigenvalue weighted by Crippen LogP contribution is 2.14. The number of aliphatic imine (C=N–C) groups is 1. The van der Waals surface area contributed by atoms with Gasteiger partial charge in [-0.15, -0.1) is 11.3 Å². The Hall–Kier alpha value is -4.38. The summed E-state index contributed by atoms with van der Waals surface area (Å²) in [4.78, 5) is 34.4. The average molecular weight is 644 g/mol. The first kappa shape index (κ1) is 36.1. The van der Waals surface area contributed by atoms with Gasteiger partial charge in [0.05, 0.1) is 13.7 Å². The normalized spacial score (nSPS) is 11.7. The summed E-state index contributed by atoms with van der Waals surface area (Å²) in [6.07, 6.45) is 1.50. The van der Waals surface area contributed by atoms with Crippen molar-refractivity contribution < 1.29 is 19.1 Å². The Kier molecular flexibility index (Phi) is 15.6. The SMILES string of the molecule is COc1cccc(CNCCCNC(=O)c2cc(C=O)cc(C3=NCCO3)c2)c1.Cc1ccccc1.Cc1csc(CN(C)C)n1. The number of carbonyl (C=O) groups is 2. The molecule has 0 saturated heterocycles. The molecule has 0 fully saturated rings. The van der Waals surface area contributed by atoms with Crippen molar-refractivity contribution >= 4 is 29.4 Å². The molecule has 2 N–H and O–H groups in total. The van der Waals surface area contributed by atoms with Gasteiger partial charge in [0, 0.05) is 47.4 Å². The molecule has 1 aliphatic rings. The molecule has 1 amide bonds. The van der Waals surface area contributed by atoms with Gasteiger partial charge in [-0.1, -0.05) is 48.0 Å². The van der Waals surface area contributed by atoms with Crippen LogP contribution in [0.1, 0.15) is 54.5 Å². The lowest BCUT2D eigenvalue weighted by atomic mass is 10.1. The highest BCUT2D eigenvalue weighted by atomic mass is 32.1. The molecule has 10 heteroatoms. The van der Waals surface area contributed by atoms with E-state index in [0.717, 1.165) is 49.3 Å². The average Bonchev–Trinajstić information content (AvgIpc) is 3.75. The van der Waals surface area contributed by atoms with Gasteiger partial charge in [0.2, 0.25) is 5.90 Å². The number of aryl methyl sites for hydroxylation is 2. The second kappa shape index (κ2) is 19.9. The zero-order valence-electron chi connectivity index (χ0n) is 27.4. The van der Waals surface area contributed by atoms with Crippen LogP contribution in [-0.2, 0) is 17.8 Å². The van der Waals surface area contributed by atoms with Gasteiger partial charge >= 0.3 is 0 Å². The molecule has 0 saturated carbocycles. The Morgan fingerprint density at radius 3 is 2.46 bits per heavy atom. The Labute approximate surface area is 276 Å². The van der Waals surface area contributed by atoms with Gasteiger partial charge in [0.25, 0.3) is 5.91 Å². The Bertz CT molecular complexity index is 1540. The second-order valence-electron chi connectivity index (χ2n) is 10.9. The summed E-state index contributed by atoms with van der Waals surface area (Å²) < 4.78 is 10.6. The fourth-order valence-corrected chi connectivity index (χ4v) is 5.19. The van der Waals surface area contributed by atoms with Crippen molar-refractivity contribution in [2.45, 2.75) is 33.4 Å². The third-order valence-corrected chi connectivity index (χ3v) is 7.48. The van der Waals surface area contributed by atoms with Gasteiger partial charge in [-0.3, -0.25) is 9.59 Å². The third kappa shape index (κ3) is 13.3. The zero-order valence-corrected chi connectivity index (χ0v) is 28.2. The van der Waals surface area contributed by atoms with Crippen LogP contribution in [-0.4, -0.2) is 75.4 Å². The zero-order chi connectivity index (χ0) is 33.1. The molecule has 0 aliphatic carbocycles. The van der Waals surface area contributed by atoms with E-state index in [1.807, 2.05) is 49.4 Å². The fraction of sp³-hybridized carbons (Fsp3) is 0.333. The van der Waals surface area contributed by atoms with Gasteiger partial charge in [0.1, 0.15) is 23.7 Å². The number of aromatic nitrogens is 1. The molecule has 0 atom stereocenters. The van der Waals surface area contributed by atoms with Crippen LogP contribution < -0.4 is 15.4 Å². The molecule has 0 spiro atoms. The second-order valence-corrected chi connectivity index (χ2v) is 11.9. The number of carbonyl (C=O) groups excluding carboxylic acids is 2. The lowest BCUT2D eigenvalue weighted by Gasteiger charge is -2.09. The minimum Gasteiger partial charge on any atom is -0.497 e. The summed E-state index contributed by atoms with van der Waals surface area (Å²) in [6, 6.07) is 23.1. The molecule has 9 nitrogen and oxygen atoms in total. The first-order valence-corrected chi connectivity index (χ1v) is 16.1. The van der Waals surface area contributed by atoms with Gasteiger partial charge in [-0.05, 0) is 76.8 Å². The topological polar surface area (TPSA) is 105 Å². The number of thiazole rings is 1. The van der Waals surface area contributed by atoms with Crippen LogP contribution >= 0.6 is 11.3 Å². The maximum Gasteiger partial charge on any atom is 0.251 e. The Morgan fingerprint density at radius 1 is 1.04 bits per heavy atom. The van der Waals surface area contributed by atoms with Crippen molar-refractivity contribution in [3.63, 3.8) is 0 Å². The van der Waals surface area contributed by atoms with Crippen molar-refractivity contribution in [2.75, 3.05) is 47.4 Å². The quantitative estimate of drug-likeness (QED) is 0.151. The van der Waals surface area contributed by atoms with E-state index in [0.29, 0.717) is 42.3 Å².